The summed E-state index contributed by atoms with van der Waals surface area (Å²) in [6, 6.07) is 34.5. The van der Waals surface area contributed by atoms with Gasteiger partial charge in [-0.1, -0.05) is 50.2 Å². The molecular formula is C34H37N11. The first kappa shape index (κ1) is 30.9. The van der Waals surface area contributed by atoms with Crippen molar-refractivity contribution >= 4 is 52.0 Å². The van der Waals surface area contributed by atoms with E-state index in [0.29, 0.717) is 17.8 Å². The van der Waals surface area contributed by atoms with Gasteiger partial charge in [-0.25, -0.2) is 0 Å². The second-order valence-electron chi connectivity index (χ2n) is 10.0. The normalized spacial score (nSPS) is 11.4. The fourth-order valence-corrected chi connectivity index (χ4v) is 4.31. The number of hydrogen-bond donors (Lipinski definition) is 3. The third-order valence-corrected chi connectivity index (χ3v) is 6.79. The van der Waals surface area contributed by atoms with E-state index in [-0.39, 0.29) is 0 Å². The number of nitrogens with zero attached hydrogens (tertiary/aromatic N) is 8. The Labute approximate surface area is 263 Å². The molecular weight excluding hydrogens is 562 g/mol. The van der Waals surface area contributed by atoms with Gasteiger partial charge in [-0.05, 0) is 98.9 Å². The average Bonchev–Trinajstić information content (AvgIpc) is 3.09. The Morgan fingerprint density at radius 3 is 1.33 bits per heavy atom. The minimum atomic E-state index is 0.408. The SMILES string of the molecule is CCN(CC)CCCNc1nc(Nc2ccc(/N=N/c3ccccc3)cc2)nc(Nc2ccc(/N=N/c3ccccc3)cc2)n1. The standard InChI is InChI=1S/C34H37N11/c1-3-45(4-2)25-11-24-35-32-38-33(36-26-16-20-30(21-17-26)43-41-28-12-7-5-8-13-28)40-34(39-32)37-27-18-22-31(23-19-27)44-42-29-14-9-6-10-15-29/h5-10,12-23H,3-4,11,24-25H2,1-2H3,(H3,35,36,37,38,39,40)/b43-41+,44-42+. The van der Waals surface area contributed by atoms with Crippen LogP contribution in [0.25, 0.3) is 0 Å². The first-order chi connectivity index (χ1) is 22.2. The van der Waals surface area contributed by atoms with E-state index in [1.54, 1.807) is 0 Å². The molecule has 0 saturated carbocycles. The summed E-state index contributed by atoms with van der Waals surface area (Å²) in [5.41, 5.74) is 4.70. The lowest BCUT2D eigenvalue weighted by atomic mass is 10.3. The molecule has 11 nitrogen and oxygen atoms in total. The van der Waals surface area contributed by atoms with Crippen molar-refractivity contribution in [2.45, 2.75) is 20.3 Å². The van der Waals surface area contributed by atoms with Crippen LogP contribution in [0.4, 0.5) is 52.0 Å². The van der Waals surface area contributed by atoms with E-state index < -0.39 is 0 Å². The van der Waals surface area contributed by atoms with Crippen LogP contribution in [0.1, 0.15) is 20.3 Å². The first-order valence-corrected chi connectivity index (χ1v) is 15.1. The summed E-state index contributed by atoms with van der Waals surface area (Å²) in [6.07, 6.45) is 0.969. The van der Waals surface area contributed by atoms with Crippen molar-refractivity contribution in [2.24, 2.45) is 20.5 Å². The average molecular weight is 600 g/mol. The van der Waals surface area contributed by atoms with Crippen LogP contribution in [0.5, 0.6) is 0 Å². The predicted octanol–water partition coefficient (Wildman–Crippen LogP) is 9.33. The van der Waals surface area contributed by atoms with Crippen LogP contribution in [-0.4, -0.2) is 46.0 Å². The van der Waals surface area contributed by atoms with Gasteiger partial charge in [0.25, 0.3) is 0 Å². The number of nitrogens with one attached hydrogen (secondary N) is 3. The van der Waals surface area contributed by atoms with Crippen molar-refractivity contribution in [2.75, 3.05) is 42.1 Å². The van der Waals surface area contributed by atoms with Gasteiger partial charge in [-0.15, -0.1) is 0 Å². The lowest BCUT2D eigenvalue weighted by Crippen LogP contribution is -2.25. The molecule has 5 aromatic rings. The summed E-state index contributed by atoms with van der Waals surface area (Å²) in [7, 11) is 0. The minimum Gasteiger partial charge on any atom is -0.354 e. The van der Waals surface area contributed by atoms with Crippen molar-refractivity contribution < 1.29 is 0 Å². The Bertz CT molecular complexity index is 1540. The van der Waals surface area contributed by atoms with Gasteiger partial charge in [0.05, 0.1) is 22.7 Å². The van der Waals surface area contributed by atoms with Gasteiger partial charge in [0.1, 0.15) is 0 Å². The van der Waals surface area contributed by atoms with Gasteiger partial charge >= 0.3 is 0 Å². The zero-order chi connectivity index (χ0) is 31.1. The molecule has 45 heavy (non-hydrogen) atoms. The Morgan fingerprint density at radius 2 is 0.911 bits per heavy atom. The van der Waals surface area contributed by atoms with Crippen LogP contribution in [0, 0.1) is 0 Å². The first-order valence-electron chi connectivity index (χ1n) is 15.1. The molecule has 0 aliphatic carbocycles. The Morgan fingerprint density at radius 1 is 0.511 bits per heavy atom. The van der Waals surface area contributed by atoms with E-state index in [2.05, 4.69) is 70.1 Å². The molecule has 5 rings (SSSR count). The minimum absolute atomic E-state index is 0.408. The van der Waals surface area contributed by atoms with Crippen molar-refractivity contribution in [3.63, 3.8) is 0 Å². The number of anilines is 5. The predicted molar refractivity (Wildman–Crippen MR) is 181 cm³/mol. The molecule has 0 aliphatic rings. The fraction of sp³-hybridized carbons (Fsp3) is 0.206. The maximum atomic E-state index is 4.63. The number of aromatic nitrogens is 3. The Kier molecular flexibility index (Phi) is 11.2. The van der Waals surface area contributed by atoms with Gasteiger partial charge in [0, 0.05) is 17.9 Å². The molecule has 0 unspecified atom stereocenters. The number of benzene rings is 4. The molecule has 0 amide bonds. The highest BCUT2D eigenvalue weighted by molar-refractivity contribution is 5.61. The van der Waals surface area contributed by atoms with Gasteiger partial charge < -0.3 is 20.9 Å². The fourth-order valence-electron chi connectivity index (χ4n) is 4.31. The van der Waals surface area contributed by atoms with E-state index >= 15 is 0 Å². The smallest absolute Gasteiger partial charge is 0.233 e. The van der Waals surface area contributed by atoms with E-state index in [0.717, 1.165) is 66.7 Å². The quantitative estimate of drug-likeness (QED) is 0.0808. The molecule has 4 aromatic carbocycles. The topological polar surface area (TPSA) is 127 Å². The van der Waals surface area contributed by atoms with Crippen molar-refractivity contribution in [1.82, 2.24) is 19.9 Å². The van der Waals surface area contributed by atoms with Crippen LogP contribution in [0.15, 0.2) is 130 Å². The molecule has 0 radical (unpaired) electrons. The van der Waals surface area contributed by atoms with Gasteiger partial charge in [0.15, 0.2) is 0 Å². The summed E-state index contributed by atoms with van der Waals surface area (Å²) >= 11 is 0. The zero-order valence-corrected chi connectivity index (χ0v) is 25.5. The highest BCUT2D eigenvalue weighted by atomic mass is 15.3. The van der Waals surface area contributed by atoms with Crippen LogP contribution in [0.2, 0.25) is 0 Å². The highest BCUT2D eigenvalue weighted by Gasteiger charge is 2.09. The summed E-state index contributed by atoms with van der Waals surface area (Å²) < 4.78 is 0. The maximum absolute atomic E-state index is 4.63. The summed E-state index contributed by atoms with van der Waals surface area (Å²) in [5, 5.41) is 27.1. The third kappa shape index (κ3) is 10.0. The molecule has 0 bridgehead atoms. The zero-order valence-electron chi connectivity index (χ0n) is 25.5. The molecule has 0 aliphatic heterocycles. The second-order valence-corrected chi connectivity index (χ2v) is 10.0. The summed E-state index contributed by atoms with van der Waals surface area (Å²) in [6.45, 7) is 8.16. The molecule has 1 heterocycles. The largest absolute Gasteiger partial charge is 0.354 e. The van der Waals surface area contributed by atoms with Gasteiger partial charge in [-0.2, -0.15) is 35.4 Å². The van der Waals surface area contributed by atoms with E-state index in [1.807, 2.05) is 109 Å². The number of rotatable bonds is 15. The summed E-state index contributed by atoms with van der Waals surface area (Å²) in [4.78, 5) is 16.3. The van der Waals surface area contributed by atoms with Crippen molar-refractivity contribution in [3.05, 3.63) is 109 Å². The van der Waals surface area contributed by atoms with E-state index in [9.17, 15) is 0 Å². The van der Waals surface area contributed by atoms with Crippen molar-refractivity contribution in [1.29, 1.82) is 0 Å². The van der Waals surface area contributed by atoms with Gasteiger partial charge in [-0.3, -0.25) is 0 Å². The Balaban J connectivity index is 1.28. The van der Waals surface area contributed by atoms with Crippen LogP contribution < -0.4 is 16.0 Å². The van der Waals surface area contributed by atoms with Crippen LogP contribution in [0.3, 0.4) is 0 Å². The monoisotopic (exact) mass is 599 g/mol. The second kappa shape index (κ2) is 16.3. The highest BCUT2D eigenvalue weighted by Crippen LogP contribution is 2.24. The summed E-state index contributed by atoms with van der Waals surface area (Å²) in [5.74, 6) is 1.30. The maximum Gasteiger partial charge on any atom is 0.233 e. The number of hydrogen-bond acceptors (Lipinski definition) is 11. The molecule has 0 fully saturated rings. The lowest BCUT2D eigenvalue weighted by Gasteiger charge is -2.17. The molecule has 0 atom stereocenters. The molecule has 228 valence electrons. The molecule has 0 saturated heterocycles. The molecule has 1 aromatic heterocycles. The molecule has 0 spiro atoms. The van der Waals surface area contributed by atoms with Crippen LogP contribution in [-0.2, 0) is 0 Å². The molecule has 11 heteroatoms. The third-order valence-electron chi connectivity index (χ3n) is 6.79. The molecule has 3 N–H and O–H groups in total. The van der Waals surface area contributed by atoms with E-state index in [1.165, 1.54) is 0 Å². The lowest BCUT2D eigenvalue weighted by molar-refractivity contribution is 0.303. The van der Waals surface area contributed by atoms with Crippen LogP contribution >= 0.6 is 0 Å². The number of azo groups is 2. The Hall–Kier alpha value is -5.55. The van der Waals surface area contributed by atoms with Crippen molar-refractivity contribution in [3.8, 4) is 0 Å². The van der Waals surface area contributed by atoms with Gasteiger partial charge in [0.2, 0.25) is 17.8 Å². The van der Waals surface area contributed by atoms with E-state index in [4.69, 9.17) is 0 Å².